The van der Waals surface area contributed by atoms with Gasteiger partial charge in [0.1, 0.15) is 0 Å². The van der Waals surface area contributed by atoms with Crippen LogP contribution in [0.2, 0.25) is 0 Å². The number of non-ortho nitro benzene ring substituents is 1. The molecule has 0 radical (unpaired) electrons. The van der Waals surface area contributed by atoms with E-state index in [2.05, 4.69) is 12.1 Å². The van der Waals surface area contributed by atoms with E-state index >= 15 is 0 Å². The largest absolute Gasteiger partial charge is 0.289 e. The molecule has 1 saturated carbocycles. The summed E-state index contributed by atoms with van der Waals surface area (Å²) < 4.78 is 0. The Balaban J connectivity index is 1.65. The fraction of sp³-hybridized carbons (Fsp3) is 0.286. The van der Waals surface area contributed by atoms with Gasteiger partial charge in [-0.15, -0.1) is 0 Å². The molecule has 25 heavy (non-hydrogen) atoms. The number of hydrogen-bond donors (Lipinski definition) is 0. The minimum atomic E-state index is -0.438. The lowest BCUT2D eigenvalue weighted by atomic mass is 9.84. The number of nitro groups is 1. The van der Waals surface area contributed by atoms with E-state index in [1.807, 2.05) is 12.1 Å². The smallest absolute Gasteiger partial charge is 0.269 e. The molecule has 0 aliphatic heterocycles. The van der Waals surface area contributed by atoms with Crippen LogP contribution in [0.5, 0.6) is 0 Å². The summed E-state index contributed by atoms with van der Waals surface area (Å²) in [6, 6.07) is 14.1. The van der Waals surface area contributed by atoms with Crippen molar-refractivity contribution >= 4 is 17.5 Å². The Morgan fingerprint density at radius 3 is 2.20 bits per heavy atom. The molecule has 3 rings (SSSR count). The van der Waals surface area contributed by atoms with Gasteiger partial charge in [0.15, 0.2) is 5.78 Å². The van der Waals surface area contributed by atoms with Gasteiger partial charge in [0.2, 0.25) is 0 Å². The predicted octanol–water partition coefficient (Wildman–Crippen LogP) is 5.54. The summed E-state index contributed by atoms with van der Waals surface area (Å²) in [6.45, 7) is 0. The van der Waals surface area contributed by atoms with Crippen LogP contribution in [0.1, 0.15) is 59.5 Å². The van der Waals surface area contributed by atoms with Crippen LogP contribution >= 0.6 is 0 Å². The second-order valence-corrected chi connectivity index (χ2v) is 6.50. The number of allylic oxidation sites excluding steroid dienone is 1. The van der Waals surface area contributed by atoms with Crippen LogP contribution in [0.15, 0.2) is 54.6 Å². The lowest BCUT2D eigenvalue weighted by Crippen LogP contribution is -2.05. The maximum Gasteiger partial charge on any atom is 0.269 e. The Kier molecular flexibility index (Phi) is 5.39. The normalized spacial score (nSPS) is 15.4. The molecule has 0 unspecified atom stereocenters. The summed E-state index contributed by atoms with van der Waals surface area (Å²) in [5, 5.41) is 10.6. The molecular formula is C21H21NO3. The number of carbonyl (C=O) groups is 1. The summed E-state index contributed by atoms with van der Waals surface area (Å²) >= 11 is 0. The third-order valence-electron chi connectivity index (χ3n) is 4.80. The molecule has 0 spiro atoms. The lowest BCUT2D eigenvalue weighted by molar-refractivity contribution is -0.384. The number of carbonyl (C=O) groups excluding carboxylic acids is 1. The molecule has 1 aliphatic carbocycles. The third kappa shape index (κ3) is 4.41. The summed E-state index contributed by atoms with van der Waals surface area (Å²) in [6.07, 6.45) is 9.60. The van der Waals surface area contributed by atoms with Gasteiger partial charge in [0, 0.05) is 17.7 Å². The lowest BCUT2D eigenvalue weighted by Gasteiger charge is -2.21. The summed E-state index contributed by atoms with van der Waals surface area (Å²) in [7, 11) is 0. The quantitative estimate of drug-likeness (QED) is 0.312. The molecule has 0 atom stereocenters. The molecule has 2 aromatic rings. The number of nitro benzene ring substituents is 1. The highest BCUT2D eigenvalue weighted by atomic mass is 16.6. The number of rotatable bonds is 5. The molecule has 4 heteroatoms. The first-order valence-electron chi connectivity index (χ1n) is 8.70. The molecule has 1 fully saturated rings. The average Bonchev–Trinajstić information content (AvgIpc) is 2.67. The second-order valence-electron chi connectivity index (χ2n) is 6.50. The number of benzene rings is 2. The van der Waals surface area contributed by atoms with E-state index in [1.165, 1.54) is 55.9 Å². The second kappa shape index (κ2) is 7.88. The molecule has 0 aromatic heterocycles. The molecule has 0 heterocycles. The van der Waals surface area contributed by atoms with E-state index in [4.69, 9.17) is 0 Å². The predicted molar refractivity (Wildman–Crippen MR) is 98.7 cm³/mol. The van der Waals surface area contributed by atoms with Crippen molar-refractivity contribution in [2.45, 2.75) is 38.0 Å². The topological polar surface area (TPSA) is 60.2 Å². The van der Waals surface area contributed by atoms with Crippen molar-refractivity contribution in [2.24, 2.45) is 0 Å². The standard InChI is InChI=1S/C21H21NO3/c23-21(15-8-16-6-13-20(14-7-16)22(24)25)19-11-9-18(10-12-19)17-4-2-1-3-5-17/h6-15,17H,1-5H2. The van der Waals surface area contributed by atoms with E-state index in [9.17, 15) is 14.9 Å². The van der Waals surface area contributed by atoms with Gasteiger partial charge < -0.3 is 0 Å². The molecule has 2 aromatic carbocycles. The van der Waals surface area contributed by atoms with Crippen LogP contribution in [0, 0.1) is 10.1 Å². The van der Waals surface area contributed by atoms with Crippen molar-refractivity contribution in [1.82, 2.24) is 0 Å². The maximum atomic E-state index is 12.3. The Bertz CT molecular complexity index is 770. The highest BCUT2D eigenvalue weighted by molar-refractivity contribution is 6.06. The number of hydrogen-bond acceptors (Lipinski definition) is 3. The Labute approximate surface area is 147 Å². The number of nitrogens with zero attached hydrogens (tertiary/aromatic N) is 1. The first-order valence-corrected chi connectivity index (χ1v) is 8.70. The summed E-state index contributed by atoms with van der Waals surface area (Å²) in [5.74, 6) is 0.571. The first-order chi connectivity index (χ1) is 12.1. The molecule has 128 valence electrons. The van der Waals surface area contributed by atoms with Gasteiger partial charge >= 0.3 is 0 Å². The van der Waals surface area contributed by atoms with Crippen molar-refractivity contribution < 1.29 is 9.72 Å². The van der Waals surface area contributed by atoms with Gasteiger partial charge in [-0.2, -0.15) is 0 Å². The molecule has 4 nitrogen and oxygen atoms in total. The zero-order chi connectivity index (χ0) is 17.6. The van der Waals surface area contributed by atoms with Gasteiger partial charge in [-0.05, 0) is 48.1 Å². The van der Waals surface area contributed by atoms with Gasteiger partial charge in [0.05, 0.1) is 4.92 Å². The average molecular weight is 335 g/mol. The van der Waals surface area contributed by atoms with Crippen LogP contribution in [-0.4, -0.2) is 10.7 Å². The number of ketones is 1. The van der Waals surface area contributed by atoms with Gasteiger partial charge in [-0.1, -0.05) is 49.6 Å². The van der Waals surface area contributed by atoms with Crippen molar-refractivity contribution in [1.29, 1.82) is 0 Å². The van der Waals surface area contributed by atoms with Crippen molar-refractivity contribution in [3.63, 3.8) is 0 Å². The van der Waals surface area contributed by atoms with E-state index in [1.54, 1.807) is 18.2 Å². The molecule has 0 amide bonds. The molecule has 0 N–H and O–H groups in total. The van der Waals surface area contributed by atoms with Crippen LogP contribution in [0.4, 0.5) is 5.69 Å². The third-order valence-corrected chi connectivity index (χ3v) is 4.80. The molecule has 0 bridgehead atoms. The molecule has 1 aliphatic rings. The first kappa shape index (κ1) is 17.1. The van der Waals surface area contributed by atoms with E-state index in [0.717, 1.165) is 5.56 Å². The van der Waals surface area contributed by atoms with Crippen molar-refractivity contribution in [2.75, 3.05) is 0 Å². The molecular weight excluding hydrogens is 314 g/mol. The van der Waals surface area contributed by atoms with E-state index in [-0.39, 0.29) is 11.5 Å². The monoisotopic (exact) mass is 335 g/mol. The zero-order valence-corrected chi connectivity index (χ0v) is 14.1. The maximum absolute atomic E-state index is 12.3. The SMILES string of the molecule is O=C(C=Cc1ccc([N+](=O)[O-])cc1)c1ccc(C2CCCCC2)cc1. The van der Waals surface area contributed by atoms with E-state index in [0.29, 0.717) is 11.5 Å². The molecule has 0 saturated heterocycles. The summed E-state index contributed by atoms with van der Waals surface area (Å²) in [4.78, 5) is 22.5. The minimum Gasteiger partial charge on any atom is -0.289 e. The Hall–Kier alpha value is -2.75. The van der Waals surface area contributed by atoms with Crippen LogP contribution < -0.4 is 0 Å². The highest BCUT2D eigenvalue weighted by Crippen LogP contribution is 2.32. The van der Waals surface area contributed by atoms with Crippen LogP contribution in [-0.2, 0) is 0 Å². The van der Waals surface area contributed by atoms with Crippen molar-refractivity contribution in [3.8, 4) is 0 Å². The van der Waals surface area contributed by atoms with Crippen LogP contribution in [0.3, 0.4) is 0 Å². The fourth-order valence-electron chi connectivity index (χ4n) is 3.33. The van der Waals surface area contributed by atoms with Crippen molar-refractivity contribution in [3.05, 3.63) is 81.4 Å². The highest BCUT2D eigenvalue weighted by Gasteiger charge is 2.15. The Morgan fingerprint density at radius 1 is 0.960 bits per heavy atom. The van der Waals surface area contributed by atoms with E-state index < -0.39 is 4.92 Å². The van der Waals surface area contributed by atoms with Gasteiger partial charge in [-0.25, -0.2) is 0 Å². The van der Waals surface area contributed by atoms with Crippen LogP contribution in [0.25, 0.3) is 6.08 Å². The summed E-state index contributed by atoms with van der Waals surface area (Å²) in [5.41, 5.74) is 2.80. The van der Waals surface area contributed by atoms with Gasteiger partial charge in [0.25, 0.3) is 5.69 Å². The minimum absolute atomic E-state index is 0.0433. The van der Waals surface area contributed by atoms with Gasteiger partial charge in [-0.3, -0.25) is 14.9 Å². The zero-order valence-electron chi connectivity index (χ0n) is 14.1. The Morgan fingerprint density at radius 2 is 1.60 bits per heavy atom. The fourth-order valence-corrected chi connectivity index (χ4v) is 3.33.